The fraction of sp³-hybridized carbons (Fsp3) is 0. The molecule has 3 heteroatoms. The lowest BCUT2D eigenvalue weighted by molar-refractivity contribution is 1.17. The third-order valence-corrected chi connectivity index (χ3v) is 8.75. The van der Waals surface area contributed by atoms with E-state index in [1.165, 1.54) is 49.4 Å². The van der Waals surface area contributed by atoms with E-state index in [1.807, 2.05) is 30.3 Å². The molecule has 8 rings (SSSR count). The summed E-state index contributed by atoms with van der Waals surface area (Å²) in [6.07, 6.45) is 1.62. The Balaban J connectivity index is 1.32. The van der Waals surface area contributed by atoms with Crippen LogP contribution in [0.3, 0.4) is 0 Å². The molecule has 0 aliphatic heterocycles. The number of hydrogen-bond acceptors (Lipinski definition) is 3. The molecule has 0 bridgehead atoms. The van der Waals surface area contributed by atoms with E-state index < -0.39 is 0 Å². The fourth-order valence-electron chi connectivity index (χ4n) is 6.65. The predicted octanol–water partition coefficient (Wildman–Crippen LogP) is 11.7. The summed E-state index contributed by atoms with van der Waals surface area (Å²) in [6.45, 7) is 0. The Morgan fingerprint density at radius 2 is 0.936 bits per heavy atom. The van der Waals surface area contributed by atoms with Crippen molar-refractivity contribution in [2.24, 2.45) is 0 Å². The van der Waals surface area contributed by atoms with Crippen LogP contribution in [0.25, 0.3) is 54.9 Å². The van der Waals surface area contributed by atoms with Crippen molar-refractivity contribution < 1.29 is 0 Å². The first kappa shape index (κ1) is 28.0. The quantitative estimate of drug-likeness (QED) is 0.179. The van der Waals surface area contributed by atoms with Crippen LogP contribution >= 0.6 is 0 Å². The molecule has 0 unspecified atom stereocenters. The van der Waals surface area contributed by atoms with Gasteiger partial charge in [-0.3, -0.25) is 4.90 Å². The predicted molar refractivity (Wildman–Crippen MR) is 195 cm³/mol. The Bertz CT molecular complexity index is 2330. The molecule has 0 saturated carbocycles. The van der Waals surface area contributed by atoms with Crippen LogP contribution in [0.15, 0.2) is 176 Å². The number of hydrogen-bond donors (Lipinski definition) is 0. The van der Waals surface area contributed by atoms with Crippen molar-refractivity contribution in [2.75, 3.05) is 4.90 Å². The molecule has 8 aromatic rings. The number of para-hydroxylation sites is 1. The summed E-state index contributed by atoms with van der Waals surface area (Å²) in [6, 6.07) is 61.7. The molecule has 0 N–H and O–H groups in total. The number of nitrogens with zero attached hydrogens (tertiary/aromatic N) is 3. The second-order valence-corrected chi connectivity index (χ2v) is 11.5. The van der Waals surface area contributed by atoms with Gasteiger partial charge in [0, 0.05) is 17.6 Å². The van der Waals surface area contributed by atoms with Gasteiger partial charge in [-0.2, -0.15) is 5.26 Å². The van der Waals surface area contributed by atoms with E-state index in [9.17, 15) is 5.26 Å². The molecule has 1 aromatic heterocycles. The molecule has 0 fully saturated rings. The fourth-order valence-corrected chi connectivity index (χ4v) is 6.65. The number of benzene rings is 7. The van der Waals surface area contributed by atoms with Crippen LogP contribution < -0.4 is 4.90 Å². The van der Waals surface area contributed by atoms with E-state index in [1.54, 1.807) is 6.20 Å². The lowest BCUT2D eigenvalue weighted by Gasteiger charge is -2.25. The van der Waals surface area contributed by atoms with Gasteiger partial charge in [0.2, 0.25) is 0 Å². The number of rotatable bonds is 6. The summed E-state index contributed by atoms with van der Waals surface area (Å²) in [4.78, 5) is 6.75. The van der Waals surface area contributed by atoms with Crippen LogP contribution in [0.2, 0.25) is 0 Å². The molecule has 0 aliphatic rings. The topological polar surface area (TPSA) is 39.9 Å². The minimum absolute atomic E-state index is 0.533. The highest BCUT2D eigenvalue weighted by molar-refractivity contribution is 6.22. The molecular formula is C44H29N3. The van der Waals surface area contributed by atoms with Crippen molar-refractivity contribution in [1.82, 2.24) is 4.98 Å². The van der Waals surface area contributed by atoms with E-state index in [0.29, 0.717) is 5.56 Å². The van der Waals surface area contributed by atoms with Gasteiger partial charge in [-0.25, -0.2) is 4.98 Å². The van der Waals surface area contributed by atoms with Gasteiger partial charge in [0.15, 0.2) is 0 Å². The third-order valence-electron chi connectivity index (χ3n) is 8.75. The highest BCUT2D eigenvalue weighted by Gasteiger charge is 2.19. The summed E-state index contributed by atoms with van der Waals surface area (Å²) in [5, 5.41) is 14.2. The summed E-state index contributed by atoms with van der Waals surface area (Å²) < 4.78 is 0. The van der Waals surface area contributed by atoms with Crippen molar-refractivity contribution in [2.45, 2.75) is 0 Å². The van der Waals surface area contributed by atoms with Crippen molar-refractivity contribution in [3.05, 3.63) is 182 Å². The smallest absolute Gasteiger partial charge is 0.137 e. The summed E-state index contributed by atoms with van der Waals surface area (Å²) in [5.74, 6) is 0.750. The summed E-state index contributed by atoms with van der Waals surface area (Å²) in [7, 11) is 0. The molecule has 0 saturated heterocycles. The van der Waals surface area contributed by atoms with Crippen molar-refractivity contribution in [1.29, 1.82) is 5.26 Å². The van der Waals surface area contributed by atoms with Crippen molar-refractivity contribution in [3.63, 3.8) is 0 Å². The third kappa shape index (κ3) is 5.09. The molecule has 1 heterocycles. The Hall–Kier alpha value is -6.50. The highest BCUT2D eigenvalue weighted by atomic mass is 15.2. The van der Waals surface area contributed by atoms with E-state index in [0.717, 1.165) is 22.8 Å². The SMILES string of the molecule is N#Cc1ccc(N(c2ccccc2)c2ccc(-c3c4ccccc4c(-c4ccccc4-c4ccccc4)c4ccccc34)cc2)nc1. The van der Waals surface area contributed by atoms with Crippen LogP contribution in [0, 0.1) is 11.3 Å². The first-order valence-corrected chi connectivity index (χ1v) is 15.7. The van der Waals surface area contributed by atoms with Crippen molar-refractivity contribution in [3.8, 4) is 39.4 Å². The van der Waals surface area contributed by atoms with Crippen molar-refractivity contribution >= 4 is 38.7 Å². The Labute approximate surface area is 274 Å². The first-order chi connectivity index (χ1) is 23.3. The zero-order valence-electron chi connectivity index (χ0n) is 25.6. The van der Waals surface area contributed by atoms with Crippen LogP contribution in [-0.2, 0) is 0 Å². The van der Waals surface area contributed by atoms with Crippen LogP contribution in [0.1, 0.15) is 5.56 Å². The van der Waals surface area contributed by atoms with Crippen LogP contribution in [0.5, 0.6) is 0 Å². The van der Waals surface area contributed by atoms with E-state index >= 15 is 0 Å². The molecule has 220 valence electrons. The molecule has 0 amide bonds. The summed E-state index contributed by atoms with van der Waals surface area (Å²) >= 11 is 0. The molecule has 0 atom stereocenters. The van der Waals surface area contributed by atoms with Gasteiger partial charge in [0.1, 0.15) is 11.9 Å². The van der Waals surface area contributed by atoms with Gasteiger partial charge in [-0.05, 0) is 91.3 Å². The molecule has 3 nitrogen and oxygen atoms in total. The van der Waals surface area contributed by atoms with Gasteiger partial charge < -0.3 is 0 Å². The molecule has 7 aromatic carbocycles. The second-order valence-electron chi connectivity index (χ2n) is 11.5. The lowest BCUT2D eigenvalue weighted by Crippen LogP contribution is -2.11. The number of nitriles is 1. The minimum Gasteiger partial charge on any atom is -0.295 e. The van der Waals surface area contributed by atoms with E-state index in [-0.39, 0.29) is 0 Å². The Kier molecular flexibility index (Phi) is 7.22. The maximum Gasteiger partial charge on any atom is 0.137 e. The zero-order valence-corrected chi connectivity index (χ0v) is 25.6. The normalized spacial score (nSPS) is 11.0. The van der Waals surface area contributed by atoms with E-state index in [4.69, 9.17) is 0 Å². The first-order valence-electron chi connectivity index (χ1n) is 15.7. The number of anilines is 3. The zero-order chi connectivity index (χ0) is 31.6. The van der Waals surface area contributed by atoms with E-state index in [2.05, 4.69) is 155 Å². The maximum absolute atomic E-state index is 9.33. The molecule has 0 spiro atoms. The van der Waals surface area contributed by atoms with Gasteiger partial charge in [0.05, 0.1) is 5.56 Å². The van der Waals surface area contributed by atoms with Gasteiger partial charge in [0.25, 0.3) is 0 Å². The Morgan fingerprint density at radius 1 is 0.426 bits per heavy atom. The van der Waals surface area contributed by atoms with Gasteiger partial charge in [-0.15, -0.1) is 0 Å². The molecular weight excluding hydrogens is 571 g/mol. The number of fused-ring (bicyclic) bond motifs is 2. The Morgan fingerprint density at radius 3 is 1.51 bits per heavy atom. The monoisotopic (exact) mass is 599 g/mol. The standard InChI is InChI=1S/C44H29N3/c45-29-31-23-28-42(46-30-31)47(34-15-5-2-6-16-34)35-26-24-33(25-27-35)43-38-19-9-11-21-40(38)44(41-22-12-10-20-39(41)43)37-18-8-7-17-36(37)32-13-3-1-4-14-32/h1-28,30H. The number of aromatic nitrogens is 1. The van der Waals surface area contributed by atoms with Gasteiger partial charge in [-0.1, -0.05) is 133 Å². The molecule has 0 aliphatic carbocycles. The maximum atomic E-state index is 9.33. The highest BCUT2D eigenvalue weighted by Crippen LogP contribution is 2.46. The second kappa shape index (κ2) is 12.1. The largest absolute Gasteiger partial charge is 0.295 e. The average Bonchev–Trinajstić information content (AvgIpc) is 3.15. The molecule has 0 radical (unpaired) electrons. The summed E-state index contributed by atoms with van der Waals surface area (Å²) in [5.41, 5.74) is 9.77. The van der Waals surface area contributed by atoms with Crippen LogP contribution in [-0.4, -0.2) is 4.98 Å². The number of pyridine rings is 1. The van der Waals surface area contributed by atoms with Gasteiger partial charge >= 0.3 is 0 Å². The average molecular weight is 600 g/mol. The van der Waals surface area contributed by atoms with Crippen LogP contribution in [0.4, 0.5) is 17.2 Å². The lowest BCUT2D eigenvalue weighted by atomic mass is 9.84. The molecule has 47 heavy (non-hydrogen) atoms. The minimum atomic E-state index is 0.533.